The first-order valence-electron chi connectivity index (χ1n) is 5.73. The molecule has 0 bridgehead atoms. The molecule has 4 heteroatoms. The van der Waals surface area contributed by atoms with Gasteiger partial charge in [-0.3, -0.25) is 4.79 Å². The average Bonchev–Trinajstić information content (AvgIpc) is 2.10. The lowest BCUT2D eigenvalue weighted by atomic mass is 10.0. The molecular weight excluding hydrogens is 192 g/mol. The molecule has 4 nitrogen and oxygen atoms in total. The summed E-state index contributed by atoms with van der Waals surface area (Å²) in [5.41, 5.74) is 5.65. The summed E-state index contributed by atoms with van der Waals surface area (Å²) in [6, 6.07) is 0.480. The SMILES string of the molecule is CC(N)CCCC(C)C(=O)NC1COC1. The Morgan fingerprint density at radius 3 is 2.60 bits per heavy atom. The van der Waals surface area contributed by atoms with Crippen molar-refractivity contribution in [2.75, 3.05) is 13.2 Å². The van der Waals surface area contributed by atoms with Crippen LogP contribution in [0.25, 0.3) is 0 Å². The molecule has 1 heterocycles. The summed E-state index contributed by atoms with van der Waals surface area (Å²) in [4.78, 5) is 11.6. The van der Waals surface area contributed by atoms with Crippen molar-refractivity contribution in [1.29, 1.82) is 0 Å². The molecular formula is C11H22N2O2. The quantitative estimate of drug-likeness (QED) is 0.682. The Balaban J connectivity index is 2.09. The normalized spacial score (nSPS) is 20.5. The fraction of sp³-hybridized carbons (Fsp3) is 0.909. The lowest BCUT2D eigenvalue weighted by molar-refractivity contribution is -0.128. The second-order valence-electron chi connectivity index (χ2n) is 4.55. The zero-order valence-electron chi connectivity index (χ0n) is 9.66. The zero-order valence-corrected chi connectivity index (χ0v) is 9.66. The molecule has 0 aromatic carbocycles. The largest absolute Gasteiger partial charge is 0.377 e. The molecule has 1 aliphatic rings. The van der Waals surface area contributed by atoms with Gasteiger partial charge in [0.05, 0.1) is 19.3 Å². The molecule has 0 radical (unpaired) electrons. The van der Waals surface area contributed by atoms with Crippen molar-refractivity contribution in [3.8, 4) is 0 Å². The second-order valence-corrected chi connectivity index (χ2v) is 4.55. The van der Waals surface area contributed by atoms with Crippen molar-refractivity contribution in [1.82, 2.24) is 5.32 Å². The van der Waals surface area contributed by atoms with E-state index in [4.69, 9.17) is 10.5 Å². The van der Waals surface area contributed by atoms with Crippen molar-refractivity contribution < 1.29 is 9.53 Å². The molecule has 2 atom stereocenters. The Hall–Kier alpha value is -0.610. The standard InChI is InChI=1S/C11H22N2O2/c1-8(4-3-5-9(2)12)11(14)13-10-6-15-7-10/h8-10H,3-7,12H2,1-2H3,(H,13,14). The number of hydrogen-bond donors (Lipinski definition) is 2. The summed E-state index contributed by atoms with van der Waals surface area (Å²) in [5, 5.41) is 2.96. The van der Waals surface area contributed by atoms with E-state index in [1.165, 1.54) is 0 Å². The maximum Gasteiger partial charge on any atom is 0.223 e. The molecule has 1 rings (SSSR count). The molecule has 15 heavy (non-hydrogen) atoms. The molecule has 1 amide bonds. The first-order valence-corrected chi connectivity index (χ1v) is 5.73. The molecule has 1 aliphatic heterocycles. The van der Waals surface area contributed by atoms with Crippen LogP contribution in [0.3, 0.4) is 0 Å². The van der Waals surface area contributed by atoms with Crippen LogP contribution >= 0.6 is 0 Å². The van der Waals surface area contributed by atoms with E-state index in [0.29, 0.717) is 13.2 Å². The Morgan fingerprint density at radius 2 is 2.13 bits per heavy atom. The summed E-state index contributed by atoms with van der Waals surface area (Å²) >= 11 is 0. The highest BCUT2D eigenvalue weighted by molar-refractivity contribution is 5.78. The molecule has 2 unspecified atom stereocenters. The van der Waals surface area contributed by atoms with Crippen LogP contribution in [-0.2, 0) is 9.53 Å². The van der Waals surface area contributed by atoms with Gasteiger partial charge in [-0.1, -0.05) is 13.3 Å². The predicted molar refractivity (Wildman–Crippen MR) is 59.4 cm³/mol. The first kappa shape index (κ1) is 12.5. The van der Waals surface area contributed by atoms with E-state index in [1.807, 2.05) is 13.8 Å². The number of amides is 1. The number of carbonyl (C=O) groups is 1. The van der Waals surface area contributed by atoms with E-state index in [0.717, 1.165) is 19.3 Å². The number of hydrogen-bond acceptors (Lipinski definition) is 3. The fourth-order valence-electron chi connectivity index (χ4n) is 1.54. The van der Waals surface area contributed by atoms with Gasteiger partial charge in [0, 0.05) is 12.0 Å². The van der Waals surface area contributed by atoms with Crippen LogP contribution in [0, 0.1) is 5.92 Å². The number of rotatable bonds is 6. The van der Waals surface area contributed by atoms with Crippen LogP contribution in [0.2, 0.25) is 0 Å². The van der Waals surface area contributed by atoms with Crippen molar-refractivity contribution in [3.05, 3.63) is 0 Å². The number of ether oxygens (including phenoxy) is 1. The van der Waals surface area contributed by atoms with Crippen molar-refractivity contribution in [3.63, 3.8) is 0 Å². The van der Waals surface area contributed by atoms with E-state index in [2.05, 4.69) is 5.32 Å². The highest BCUT2D eigenvalue weighted by Gasteiger charge is 2.22. The van der Waals surface area contributed by atoms with Gasteiger partial charge in [-0.05, 0) is 19.8 Å². The van der Waals surface area contributed by atoms with Gasteiger partial charge in [-0.25, -0.2) is 0 Å². The van der Waals surface area contributed by atoms with E-state index >= 15 is 0 Å². The maximum absolute atomic E-state index is 11.6. The van der Waals surface area contributed by atoms with Crippen LogP contribution in [0.4, 0.5) is 0 Å². The van der Waals surface area contributed by atoms with Gasteiger partial charge in [0.2, 0.25) is 5.91 Å². The van der Waals surface area contributed by atoms with Gasteiger partial charge in [-0.15, -0.1) is 0 Å². The van der Waals surface area contributed by atoms with Gasteiger partial charge in [0.1, 0.15) is 0 Å². The minimum atomic E-state index is 0.0874. The molecule has 0 aliphatic carbocycles. The monoisotopic (exact) mass is 214 g/mol. The first-order chi connectivity index (χ1) is 7.09. The van der Waals surface area contributed by atoms with Crippen molar-refractivity contribution >= 4 is 5.91 Å². The lowest BCUT2D eigenvalue weighted by Crippen LogP contribution is -2.50. The van der Waals surface area contributed by atoms with Crippen LogP contribution in [0.1, 0.15) is 33.1 Å². The molecule has 88 valence electrons. The molecule has 0 spiro atoms. The minimum Gasteiger partial charge on any atom is -0.377 e. The number of nitrogens with two attached hydrogens (primary N) is 1. The summed E-state index contributed by atoms with van der Waals surface area (Å²) in [5.74, 6) is 0.234. The average molecular weight is 214 g/mol. The van der Waals surface area contributed by atoms with Crippen molar-refractivity contribution in [2.24, 2.45) is 11.7 Å². The molecule has 1 saturated heterocycles. The third-order valence-corrected chi connectivity index (χ3v) is 2.73. The Kier molecular flexibility index (Phi) is 5.05. The lowest BCUT2D eigenvalue weighted by Gasteiger charge is -2.28. The number of carbonyl (C=O) groups excluding carboxylic acids is 1. The zero-order chi connectivity index (χ0) is 11.3. The fourth-order valence-corrected chi connectivity index (χ4v) is 1.54. The molecule has 0 aromatic heterocycles. The highest BCUT2D eigenvalue weighted by Crippen LogP contribution is 2.10. The molecule has 0 aromatic rings. The maximum atomic E-state index is 11.6. The van der Waals surface area contributed by atoms with E-state index in [1.54, 1.807) is 0 Å². The van der Waals surface area contributed by atoms with Gasteiger partial charge >= 0.3 is 0 Å². The smallest absolute Gasteiger partial charge is 0.223 e. The van der Waals surface area contributed by atoms with Gasteiger partial charge in [-0.2, -0.15) is 0 Å². The van der Waals surface area contributed by atoms with Crippen LogP contribution in [-0.4, -0.2) is 31.2 Å². The highest BCUT2D eigenvalue weighted by atomic mass is 16.5. The van der Waals surface area contributed by atoms with E-state index in [9.17, 15) is 4.79 Å². The van der Waals surface area contributed by atoms with Crippen LogP contribution < -0.4 is 11.1 Å². The minimum absolute atomic E-state index is 0.0874. The van der Waals surface area contributed by atoms with E-state index in [-0.39, 0.29) is 23.9 Å². The summed E-state index contributed by atoms with van der Waals surface area (Å²) < 4.78 is 5.00. The van der Waals surface area contributed by atoms with Crippen LogP contribution in [0.5, 0.6) is 0 Å². The van der Waals surface area contributed by atoms with Gasteiger partial charge < -0.3 is 15.8 Å². The Labute approximate surface area is 91.5 Å². The van der Waals surface area contributed by atoms with E-state index < -0.39 is 0 Å². The molecule has 0 saturated carbocycles. The van der Waals surface area contributed by atoms with Gasteiger partial charge in [0.25, 0.3) is 0 Å². The Morgan fingerprint density at radius 1 is 1.47 bits per heavy atom. The predicted octanol–water partition coefficient (Wildman–Crippen LogP) is 0.655. The summed E-state index contributed by atoms with van der Waals surface area (Å²) in [6.45, 7) is 5.29. The van der Waals surface area contributed by atoms with Crippen molar-refractivity contribution in [2.45, 2.75) is 45.2 Å². The molecule has 3 N–H and O–H groups in total. The third kappa shape index (κ3) is 4.62. The molecule has 1 fully saturated rings. The summed E-state index contributed by atoms with van der Waals surface area (Å²) in [6.07, 6.45) is 2.93. The van der Waals surface area contributed by atoms with Gasteiger partial charge in [0.15, 0.2) is 0 Å². The summed E-state index contributed by atoms with van der Waals surface area (Å²) in [7, 11) is 0. The topological polar surface area (TPSA) is 64.4 Å². The number of nitrogens with one attached hydrogen (secondary N) is 1. The Bertz CT molecular complexity index is 203. The second kappa shape index (κ2) is 6.08. The third-order valence-electron chi connectivity index (χ3n) is 2.73. The van der Waals surface area contributed by atoms with Crippen LogP contribution in [0.15, 0.2) is 0 Å².